The Morgan fingerprint density at radius 1 is 1.64 bits per heavy atom. The zero-order valence-corrected chi connectivity index (χ0v) is 13.0. The predicted molar refractivity (Wildman–Crippen MR) is 52.0 cm³/mol. The van der Waals surface area contributed by atoms with Gasteiger partial charge in [0.05, 0.1) is 0 Å². The summed E-state index contributed by atoms with van der Waals surface area (Å²) in [6, 6.07) is 0. The molecule has 0 aromatic carbocycles. The Morgan fingerprint density at radius 2 is 2.21 bits per heavy atom. The van der Waals surface area contributed by atoms with E-state index in [4.69, 9.17) is 20.9 Å². The molecule has 0 amide bonds. The van der Waals surface area contributed by atoms with Crippen LogP contribution in [-0.4, -0.2) is 30.6 Å². The minimum absolute atomic E-state index is 0.211. The monoisotopic (exact) mass is 411 g/mol. The first-order valence-corrected chi connectivity index (χ1v) is 10.4. The van der Waals surface area contributed by atoms with Crippen LogP contribution in [0.5, 0.6) is 0 Å². The molecule has 0 spiro atoms. The molecule has 6 heteroatoms. The summed E-state index contributed by atoms with van der Waals surface area (Å²) in [5.74, 6) is -0.659. The summed E-state index contributed by atoms with van der Waals surface area (Å²) < 4.78 is 24.7. The van der Waals surface area contributed by atoms with E-state index in [1.54, 1.807) is 13.8 Å². The molecular formula is C8H14ClFO2PW+. The van der Waals surface area contributed by atoms with Crippen LogP contribution in [-0.2, 0) is 28.1 Å². The summed E-state index contributed by atoms with van der Waals surface area (Å²) in [7, 11) is 0. The second-order valence-electron chi connectivity index (χ2n) is 3.52. The van der Waals surface area contributed by atoms with Crippen LogP contribution in [0.25, 0.3) is 0 Å². The van der Waals surface area contributed by atoms with Gasteiger partial charge in [0.15, 0.2) is 0 Å². The molecule has 14 heavy (non-hydrogen) atoms. The van der Waals surface area contributed by atoms with Crippen molar-refractivity contribution in [2.75, 3.05) is 13.3 Å². The standard InChI is InChI=1S/C8H14ClFO2P.W/c1-5-7(4-11-13-3)12-6(2)8(5,9)10;/h5-7H,4H2,1-3H3;/q-1;+2/t5-,6+,7-,8+;/m1./s1. The van der Waals surface area contributed by atoms with Crippen molar-refractivity contribution in [3.05, 3.63) is 0 Å². The summed E-state index contributed by atoms with van der Waals surface area (Å²) in [6.45, 7) is 5.92. The normalized spacial score (nSPS) is 44.1. The number of halogens is 2. The summed E-state index contributed by atoms with van der Waals surface area (Å²) in [5, 5.41) is -1.74. The third kappa shape index (κ3) is 2.83. The summed E-state index contributed by atoms with van der Waals surface area (Å²) >= 11 is 7.16. The Morgan fingerprint density at radius 3 is 2.57 bits per heavy atom. The van der Waals surface area contributed by atoms with Gasteiger partial charge in [-0.15, -0.1) is 0 Å². The van der Waals surface area contributed by atoms with Crippen LogP contribution in [0.1, 0.15) is 13.8 Å². The van der Waals surface area contributed by atoms with Crippen LogP contribution >= 0.6 is 17.4 Å². The Kier molecular flexibility index (Phi) is 4.69. The molecule has 0 aliphatic carbocycles. The average Bonchev–Trinajstić information content (AvgIpc) is 2.26. The molecule has 0 radical (unpaired) electrons. The quantitative estimate of drug-likeness (QED) is 0.525. The van der Waals surface area contributed by atoms with E-state index in [-0.39, 0.29) is 17.8 Å². The van der Waals surface area contributed by atoms with Gasteiger partial charge in [-0.05, 0) is 0 Å². The van der Waals surface area contributed by atoms with E-state index in [1.165, 1.54) is 18.8 Å². The number of alkyl halides is 2. The Balaban J connectivity index is 2.54. The van der Waals surface area contributed by atoms with Gasteiger partial charge in [-0.1, -0.05) is 0 Å². The van der Waals surface area contributed by atoms with Crippen LogP contribution in [0.2, 0.25) is 0 Å². The molecular weight excluding hydrogens is 397 g/mol. The predicted octanol–water partition coefficient (Wildman–Crippen LogP) is 2.82. The van der Waals surface area contributed by atoms with Crippen molar-refractivity contribution in [1.29, 1.82) is 0 Å². The molecule has 1 aliphatic heterocycles. The van der Waals surface area contributed by atoms with Gasteiger partial charge < -0.3 is 0 Å². The molecule has 2 nitrogen and oxygen atoms in total. The van der Waals surface area contributed by atoms with Crippen LogP contribution in [0.4, 0.5) is 4.39 Å². The molecule has 5 atom stereocenters. The van der Waals surface area contributed by atoms with Gasteiger partial charge in [-0.2, -0.15) is 0 Å². The van der Waals surface area contributed by atoms with Crippen molar-refractivity contribution in [3.63, 3.8) is 0 Å². The van der Waals surface area contributed by atoms with Crippen LogP contribution < -0.4 is 0 Å². The Labute approximate surface area is 100 Å². The van der Waals surface area contributed by atoms with Crippen molar-refractivity contribution >= 4 is 17.4 Å². The van der Waals surface area contributed by atoms with Crippen molar-refractivity contribution in [2.45, 2.75) is 31.2 Å². The van der Waals surface area contributed by atoms with Gasteiger partial charge >= 0.3 is 100 Å². The molecule has 1 heterocycles. The van der Waals surface area contributed by atoms with Crippen molar-refractivity contribution < 1.29 is 32.5 Å². The SMILES string of the molecule is C[C@@H]1O[C@H](CO[P+](C)=[W])[C@@H](C)[C@@]1(F)Cl. The average molecular weight is 411 g/mol. The molecule has 0 aromatic heterocycles. The fourth-order valence-corrected chi connectivity index (χ4v) is 2.66. The maximum atomic E-state index is 13.8. The number of rotatable bonds is 3. The summed E-state index contributed by atoms with van der Waals surface area (Å²) in [4.78, 5) is 0. The number of hydrogen-bond acceptors (Lipinski definition) is 2. The van der Waals surface area contributed by atoms with Gasteiger partial charge in [0.1, 0.15) is 0 Å². The van der Waals surface area contributed by atoms with Gasteiger partial charge in [0.2, 0.25) is 0 Å². The molecule has 82 valence electrons. The molecule has 1 saturated heterocycles. The first kappa shape index (κ1) is 13.2. The van der Waals surface area contributed by atoms with E-state index < -0.39 is 11.2 Å². The van der Waals surface area contributed by atoms with E-state index in [1.807, 2.05) is 6.66 Å². The molecule has 1 fully saturated rings. The van der Waals surface area contributed by atoms with Crippen LogP contribution in [0, 0.1) is 5.92 Å². The van der Waals surface area contributed by atoms with E-state index in [2.05, 4.69) is 0 Å². The Hall–Kier alpha value is 1.13. The second kappa shape index (κ2) is 4.97. The first-order valence-electron chi connectivity index (χ1n) is 4.42. The van der Waals surface area contributed by atoms with E-state index in [0.29, 0.717) is 6.61 Å². The van der Waals surface area contributed by atoms with E-state index >= 15 is 0 Å². The Bertz CT molecular complexity index is 239. The number of ether oxygens (including phenoxy) is 1. The summed E-state index contributed by atoms with van der Waals surface area (Å²) in [5.41, 5.74) is 0. The second-order valence-corrected chi connectivity index (χ2v) is 10.8. The van der Waals surface area contributed by atoms with E-state index in [0.717, 1.165) is 0 Å². The van der Waals surface area contributed by atoms with Gasteiger partial charge in [-0.25, -0.2) is 0 Å². The third-order valence-electron chi connectivity index (χ3n) is 2.51. The van der Waals surface area contributed by atoms with Crippen molar-refractivity contribution in [3.8, 4) is 0 Å². The molecule has 0 saturated carbocycles. The third-order valence-corrected chi connectivity index (χ3v) is 4.81. The van der Waals surface area contributed by atoms with Gasteiger partial charge in [0.25, 0.3) is 0 Å². The zero-order valence-electron chi connectivity index (χ0n) is 8.37. The number of hydrogen-bond donors (Lipinski definition) is 0. The molecule has 1 rings (SSSR count). The van der Waals surface area contributed by atoms with Crippen molar-refractivity contribution in [1.82, 2.24) is 0 Å². The minimum atomic E-state index is -1.74. The molecule has 0 bridgehead atoms. The fourth-order valence-electron chi connectivity index (χ4n) is 1.45. The summed E-state index contributed by atoms with van der Waals surface area (Å²) in [6.07, 6.45) is -0.767. The zero-order chi connectivity index (χ0) is 10.9. The molecule has 1 unspecified atom stereocenters. The first-order chi connectivity index (χ1) is 6.35. The van der Waals surface area contributed by atoms with Crippen molar-refractivity contribution in [2.24, 2.45) is 5.92 Å². The molecule has 0 N–H and O–H groups in total. The van der Waals surface area contributed by atoms with Gasteiger partial charge in [-0.3, -0.25) is 0 Å². The molecule has 0 aromatic rings. The molecule has 1 aliphatic rings. The van der Waals surface area contributed by atoms with Gasteiger partial charge in [0, 0.05) is 0 Å². The van der Waals surface area contributed by atoms with Crippen LogP contribution in [0.3, 0.4) is 0 Å². The van der Waals surface area contributed by atoms with E-state index in [9.17, 15) is 4.39 Å². The van der Waals surface area contributed by atoms with Crippen LogP contribution in [0.15, 0.2) is 0 Å². The topological polar surface area (TPSA) is 18.5 Å². The maximum absolute atomic E-state index is 13.8. The fraction of sp³-hybridized carbons (Fsp3) is 1.00.